The van der Waals surface area contributed by atoms with Crippen molar-refractivity contribution in [3.05, 3.63) is 6.33 Å². The van der Waals surface area contributed by atoms with Gasteiger partial charge in [-0.1, -0.05) is 25.1 Å². The van der Waals surface area contributed by atoms with Gasteiger partial charge in [0.25, 0.3) is 0 Å². The van der Waals surface area contributed by atoms with E-state index >= 15 is 0 Å². The summed E-state index contributed by atoms with van der Waals surface area (Å²) in [6, 6.07) is 0.573. The molecule has 1 N–H and O–H groups in total. The highest BCUT2D eigenvalue weighted by Gasteiger charge is 2.17. The third-order valence-corrected chi connectivity index (χ3v) is 2.99. The minimum atomic E-state index is 0.573. The number of rotatable bonds is 2. The van der Waals surface area contributed by atoms with E-state index in [4.69, 9.17) is 0 Å². The van der Waals surface area contributed by atoms with E-state index in [-0.39, 0.29) is 0 Å². The molecule has 0 amide bonds. The predicted octanol–water partition coefficient (Wildman–Crippen LogP) is 1.10. The Kier molecular flexibility index (Phi) is 2.21. The zero-order valence-electron chi connectivity index (χ0n) is 7.03. The van der Waals surface area contributed by atoms with Crippen molar-refractivity contribution >= 4 is 11.8 Å². The van der Waals surface area contributed by atoms with E-state index in [0.29, 0.717) is 6.04 Å². The number of nitrogens with zero attached hydrogens (tertiary/aromatic N) is 3. The minimum absolute atomic E-state index is 0.573. The molecule has 1 unspecified atom stereocenters. The average molecular weight is 184 g/mol. The van der Waals surface area contributed by atoms with E-state index < -0.39 is 0 Å². The lowest BCUT2D eigenvalue weighted by atomic mass is 10.2. The largest absolute Gasteiger partial charge is 0.319 e. The second-order valence-corrected chi connectivity index (χ2v) is 3.90. The van der Waals surface area contributed by atoms with Crippen LogP contribution in [0.3, 0.4) is 0 Å². The van der Waals surface area contributed by atoms with E-state index in [9.17, 15) is 0 Å². The van der Waals surface area contributed by atoms with Gasteiger partial charge in [-0.3, -0.25) is 0 Å². The van der Waals surface area contributed by atoms with Crippen molar-refractivity contribution < 1.29 is 0 Å². The quantitative estimate of drug-likeness (QED) is 0.747. The molecule has 0 aliphatic carbocycles. The number of hydrogen-bond acceptors (Lipinski definition) is 4. The molecule has 1 aromatic rings. The smallest absolute Gasteiger partial charge is 0.209 e. The molecule has 1 aliphatic rings. The Hall–Kier alpha value is -0.710. The van der Waals surface area contributed by atoms with E-state index in [2.05, 4.69) is 22.5 Å². The molecular formula is C7H12N4S. The third kappa shape index (κ3) is 1.41. The third-order valence-electron chi connectivity index (χ3n) is 1.89. The van der Waals surface area contributed by atoms with Crippen LogP contribution < -0.4 is 5.43 Å². The molecule has 1 aromatic heterocycles. The molecule has 1 atom stereocenters. The molecule has 12 heavy (non-hydrogen) atoms. The zero-order valence-corrected chi connectivity index (χ0v) is 7.84. The molecule has 0 saturated carbocycles. The van der Waals surface area contributed by atoms with Gasteiger partial charge in [0.05, 0.1) is 6.04 Å². The fourth-order valence-electron chi connectivity index (χ4n) is 1.32. The molecular weight excluding hydrogens is 172 g/mol. The van der Waals surface area contributed by atoms with Crippen LogP contribution in [0.1, 0.15) is 19.8 Å². The van der Waals surface area contributed by atoms with Crippen molar-refractivity contribution in [2.24, 2.45) is 0 Å². The lowest BCUT2D eigenvalue weighted by Crippen LogP contribution is -2.33. The van der Waals surface area contributed by atoms with Crippen molar-refractivity contribution in [3.63, 3.8) is 0 Å². The summed E-state index contributed by atoms with van der Waals surface area (Å²) in [5, 5.41) is 8.77. The number of thioether (sulfide) groups is 1. The Morgan fingerprint density at radius 1 is 1.83 bits per heavy atom. The van der Waals surface area contributed by atoms with Crippen molar-refractivity contribution in [2.75, 3.05) is 11.2 Å². The van der Waals surface area contributed by atoms with Gasteiger partial charge in [0.1, 0.15) is 6.33 Å². The fourth-order valence-corrected chi connectivity index (χ4v) is 2.25. The van der Waals surface area contributed by atoms with Crippen molar-refractivity contribution in [2.45, 2.75) is 31.0 Å². The molecule has 0 radical (unpaired) electrons. The Labute approximate surface area is 75.7 Å². The maximum absolute atomic E-state index is 3.96. The Morgan fingerprint density at radius 3 is 3.58 bits per heavy atom. The van der Waals surface area contributed by atoms with Gasteiger partial charge in [-0.2, -0.15) is 0 Å². The second kappa shape index (κ2) is 3.35. The summed E-state index contributed by atoms with van der Waals surface area (Å²) < 4.78 is 1.91. The van der Waals surface area contributed by atoms with Crippen LogP contribution in [0.15, 0.2) is 11.5 Å². The summed E-state index contributed by atoms with van der Waals surface area (Å²) in [6.45, 7) is 2.20. The monoisotopic (exact) mass is 184 g/mol. The molecule has 0 fully saturated rings. The SMILES string of the molecule is CCCC1CSc2nncn2N1. The normalized spacial score (nSPS) is 21.6. The van der Waals surface area contributed by atoms with Crippen molar-refractivity contribution in [1.82, 2.24) is 14.9 Å². The Balaban J connectivity index is 2.05. The molecule has 4 nitrogen and oxygen atoms in total. The molecule has 1 aliphatic heterocycles. The summed E-state index contributed by atoms with van der Waals surface area (Å²) in [4.78, 5) is 0. The molecule has 5 heteroatoms. The first-order valence-electron chi connectivity index (χ1n) is 4.19. The first-order valence-corrected chi connectivity index (χ1v) is 5.18. The fraction of sp³-hybridized carbons (Fsp3) is 0.714. The van der Waals surface area contributed by atoms with Crippen LogP contribution in [0, 0.1) is 0 Å². The zero-order chi connectivity index (χ0) is 8.39. The van der Waals surface area contributed by atoms with Crippen LogP contribution in [-0.2, 0) is 0 Å². The average Bonchev–Trinajstić information content (AvgIpc) is 2.51. The maximum atomic E-state index is 3.96. The number of hydrogen-bond donors (Lipinski definition) is 1. The molecule has 66 valence electrons. The van der Waals surface area contributed by atoms with Crippen LogP contribution in [-0.4, -0.2) is 26.7 Å². The maximum Gasteiger partial charge on any atom is 0.209 e. The molecule has 0 bridgehead atoms. The standard InChI is InChI=1S/C7H12N4S/c1-2-3-6-4-12-7-9-8-5-11(7)10-6/h5-6,10H,2-4H2,1H3. The Bertz CT molecular complexity index is 260. The van der Waals surface area contributed by atoms with E-state index in [1.807, 2.05) is 4.68 Å². The lowest BCUT2D eigenvalue weighted by molar-refractivity contribution is 0.589. The van der Waals surface area contributed by atoms with Gasteiger partial charge in [-0.05, 0) is 6.42 Å². The van der Waals surface area contributed by atoms with Crippen LogP contribution >= 0.6 is 11.8 Å². The topological polar surface area (TPSA) is 42.7 Å². The summed E-state index contributed by atoms with van der Waals surface area (Å²) in [5.74, 6) is 1.10. The van der Waals surface area contributed by atoms with Crippen LogP contribution in [0.25, 0.3) is 0 Å². The van der Waals surface area contributed by atoms with E-state index in [1.165, 1.54) is 12.8 Å². The van der Waals surface area contributed by atoms with Crippen LogP contribution in [0.4, 0.5) is 0 Å². The highest BCUT2D eigenvalue weighted by Crippen LogP contribution is 2.21. The van der Waals surface area contributed by atoms with Crippen molar-refractivity contribution in [3.8, 4) is 0 Å². The summed E-state index contributed by atoms with van der Waals surface area (Å²) >= 11 is 1.77. The van der Waals surface area contributed by atoms with Gasteiger partial charge < -0.3 is 5.43 Å². The first kappa shape index (κ1) is 7.91. The number of nitrogens with one attached hydrogen (secondary N) is 1. The van der Waals surface area contributed by atoms with Crippen LogP contribution in [0.2, 0.25) is 0 Å². The first-order chi connectivity index (χ1) is 5.90. The summed E-state index contributed by atoms with van der Waals surface area (Å²) in [6.07, 6.45) is 4.16. The van der Waals surface area contributed by atoms with Gasteiger partial charge in [0.2, 0.25) is 5.16 Å². The van der Waals surface area contributed by atoms with E-state index in [1.54, 1.807) is 18.1 Å². The molecule has 2 rings (SSSR count). The van der Waals surface area contributed by atoms with Gasteiger partial charge in [0.15, 0.2) is 0 Å². The Morgan fingerprint density at radius 2 is 2.75 bits per heavy atom. The lowest BCUT2D eigenvalue weighted by Gasteiger charge is -2.24. The molecule has 0 saturated heterocycles. The summed E-state index contributed by atoms with van der Waals surface area (Å²) in [5.41, 5.74) is 3.35. The highest BCUT2D eigenvalue weighted by atomic mass is 32.2. The number of fused-ring (bicyclic) bond motifs is 1. The molecule has 0 spiro atoms. The number of aromatic nitrogens is 3. The van der Waals surface area contributed by atoms with Gasteiger partial charge >= 0.3 is 0 Å². The van der Waals surface area contributed by atoms with Crippen molar-refractivity contribution in [1.29, 1.82) is 0 Å². The summed E-state index contributed by atoms with van der Waals surface area (Å²) in [7, 11) is 0. The van der Waals surface area contributed by atoms with Gasteiger partial charge in [0, 0.05) is 5.75 Å². The second-order valence-electron chi connectivity index (χ2n) is 2.91. The predicted molar refractivity (Wildman–Crippen MR) is 48.8 cm³/mol. The van der Waals surface area contributed by atoms with E-state index in [0.717, 1.165) is 10.9 Å². The highest BCUT2D eigenvalue weighted by molar-refractivity contribution is 7.99. The van der Waals surface area contributed by atoms with Crippen LogP contribution in [0.5, 0.6) is 0 Å². The molecule has 0 aromatic carbocycles. The van der Waals surface area contributed by atoms with Gasteiger partial charge in [-0.25, -0.2) is 4.68 Å². The molecule has 2 heterocycles. The van der Waals surface area contributed by atoms with Gasteiger partial charge in [-0.15, -0.1) is 10.2 Å². The minimum Gasteiger partial charge on any atom is -0.319 e.